The van der Waals surface area contributed by atoms with Gasteiger partial charge in [-0.1, -0.05) is 36.8 Å². The SMILES string of the molecule is O=C(C[C@H]1C[C@@H]2CC[C@@H]1C2)Nc1nc(-c2ccccc2)cs1. The molecule has 2 bridgehead atoms. The summed E-state index contributed by atoms with van der Waals surface area (Å²) in [4.78, 5) is 16.8. The van der Waals surface area contributed by atoms with Crippen LogP contribution in [-0.4, -0.2) is 10.9 Å². The molecule has 22 heavy (non-hydrogen) atoms. The van der Waals surface area contributed by atoms with Crippen LogP contribution < -0.4 is 5.32 Å². The molecule has 2 aromatic rings. The Morgan fingerprint density at radius 1 is 1.23 bits per heavy atom. The highest BCUT2D eigenvalue weighted by Crippen LogP contribution is 2.49. The van der Waals surface area contributed by atoms with Crippen molar-refractivity contribution >= 4 is 22.4 Å². The number of carbonyl (C=O) groups excluding carboxylic acids is 1. The van der Waals surface area contributed by atoms with Crippen LogP contribution in [0.3, 0.4) is 0 Å². The molecule has 1 N–H and O–H groups in total. The van der Waals surface area contributed by atoms with E-state index in [1.54, 1.807) is 0 Å². The third-order valence-corrected chi connectivity index (χ3v) is 5.91. The summed E-state index contributed by atoms with van der Waals surface area (Å²) in [6.45, 7) is 0. The molecule has 0 aliphatic heterocycles. The number of rotatable bonds is 4. The summed E-state index contributed by atoms with van der Waals surface area (Å²) >= 11 is 1.50. The van der Waals surface area contributed by atoms with Crippen molar-refractivity contribution in [1.29, 1.82) is 0 Å². The second-order valence-electron chi connectivity index (χ2n) is 6.59. The van der Waals surface area contributed by atoms with Crippen LogP contribution in [0.2, 0.25) is 0 Å². The first-order valence-electron chi connectivity index (χ1n) is 8.09. The van der Waals surface area contributed by atoms with E-state index in [1.165, 1.54) is 37.0 Å². The molecule has 0 unspecified atom stereocenters. The smallest absolute Gasteiger partial charge is 0.226 e. The zero-order valence-electron chi connectivity index (χ0n) is 12.5. The van der Waals surface area contributed by atoms with Crippen LogP contribution in [0.5, 0.6) is 0 Å². The van der Waals surface area contributed by atoms with E-state index in [1.807, 2.05) is 35.7 Å². The van der Waals surface area contributed by atoms with Crippen LogP contribution in [0.15, 0.2) is 35.7 Å². The molecule has 2 fully saturated rings. The van der Waals surface area contributed by atoms with Crippen LogP contribution in [0.1, 0.15) is 32.1 Å². The highest BCUT2D eigenvalue weighted by atomic mass is 32.1. The Balaban J connectivity index is 1.37. The van der Waals surface area contributed by atoms with E-state index in [4.69, 9.17) is 0 Å². The number of aromatic nitrogens is 1. The van der Waals surface area contributed by atoms with E-state index >= 15 is 0 Å². The van der Waals surface area contributed by atoms with Crippen LogP contribution >= 0.6 is 11.3 Å². The summed E-state index contributed by atoms with van der Waals surface area (Å²) in [5.74, 6) is 2.43. The molecule has 2 saturated carbocycles. The summed E-state index contributed by atoms with van der Waals surface area (Å²) in [6, 6.07) is 10.1. The molecule has 1 aromatic heterocycles. The maximum absolute atomic E-state index is 12.2. The van der Waals surface area contributed by atoms with Crippen molar-refractivity contribution < 1.29 is 4.79 Å². The molecule has 2 aliphatic rings. The number of amides is 1. The first-order chi connectivity index (χ1) is 10.8. The van der Waals surface area contributed by atoms with Crippen molar-refractivity contribution in [3.05, 3.63) is 35.7 Å². The van der Waals surface area contributed by atoms with Gasteiger partial charge in [0.15, 0.2) is 5.13 Å². The van der Waals surface area contributed by atoms with E-state index in [0.29, 0.717) is 17.5 Å². The number of hydrogen-bond acceptors (Lipinski definition) is 3. The first kappa shape index (κ1) is 13.9. The van der Waals surface area contributed by atoms with Gasteiger partial charge in [-0.05, 0) is 37.0 Å². The van der Waals surface area contributed by atoms with E-state index in [9.17, 15) is 4.79 Å². The highest BCUT2D eigenvalue weighted by molar-refractivity contribution is 7.14. The van der Waals surface area contributed by atoms with Crippen molar-refractivity contribution in [2.45, 2.75) is 32.1 Å². The number of thiazole rings is 1. The fourth-order valence-electron chi connectivity index (χ4n) is 4.11. The molecule has 2 aliphatic carbocycles. The molecular weight excluding hydrogens is 292 g/mol. The van der Waals surface area contributed by atoms with Crippen molar-refractivity contribution in [3.8, 4) is 11.3 Å². The summed E-state index contributed by atoms with van der Waals surface area (Å²) in [7, 11) is 0. The summed E-state index contributed by atoms with van der Waals surface area (Å²) < 4.78 is 0. The molecule has 3 atom stereocenters. The van der Waals surface area contributed by atoms with Crippen molar-refractivity contribution in [3.63, 3.8) is 0 Å². The molecule has 3 nitrogen and oxygen atoms in total. The first-order valence-corrected chi connectivity index (χ1v) is 8.96. The Hall–Kier alpha value is -1.68. The average Bonchev–Trinajstić information content (AvgIpc) is 3.24. The van der Waals surface area contributed by atoms with Crippen LogP contribution in [0.25, 0.3) is 11.3 Å². The lowest BCUT2D eigenvalue weighted by atomic mass is 9.86. The largest absolute Gasteiger partial charge is 0.302 e. The van der Waals surface area contributed by atoms with Crippen LogP contribution in [0, 0.1) is 17.8 Å². The zero-order valence-corrected chi connectivity index (χ0v) is 13.3. The highest BCUT2D eigenvalue weighted by Gasteiger charge is 2.40. The Kier molecular flexibility index (Phi) is 3.70. The third-order valence-electron chi connectivity index (χ3n) is 5.15. The van der Waals surface area contributed by atoms with Crippen molar-refractivity contribution in [1.82, 2.24) is 4.98 Å². The van der Waals surface area contributed by atoms with E-state index in [-0.39, 0.29) is 5.91 Å². The van der Waals surface area contributed by atoms with Crippen molar-refractivity contribution in [2.75, 3.05) is 5.32 Å². The molecule has 4 rings (SSSR count). The van der Waals surface area contributed by atoms with Gasteiger partial charge in [0.2, 0.25) is 5.91 Å². The number of nitrogens with one attached hydrogen (secondary N) is 1. The van der Waals surface area contributed by atoms with Gasteiger partial charge in [0.05, 0.1) is 5.69 Å². The molecule has 0 radical (unpaired) electrons. The summed E-state index contributed by atoms with van der Waals surface area (Å²) in [5, 5.41) is 5.70. The minimum Gasteiger partial charge on any atom is -0.302 e. The van der Waals surface area contributed by atoms with Gasteiger partial charge in [-0.2, -0.15) is 0 Å². The van der Waals surface area contributed by atoms with Gasteiger partial charge in [0.1, 0.15) is 0 Å². The predicted octanol–water partition coefficient (Wildman–Crippen LogP) is 4.57. The topological polar surface area (TPSA) is 42.0 Å². The monoisotopic (exact) mass is 312 g/mol. The lowest BCUT2D eigenvalue weighted by Gasteiger charge is -2.20. The number of fused-ring (bicyclic) bond motifs is 2. The average molecular weight is 312 g/mol. The van der Waals surface area contributed by atoms with E-state index < -0.39 is 0 Å². The molecule has 0 spiro atoms. The minimum atomic E-state index is 0.131. The van der Waals surface area contributed by atoms with E-state index in [2.05, 4.69) is 10.3 Å². The van der Waals surface area contributed by atoms with Gasteiger partial charge in [-0.15, -0.1) is 11.3 Å². The number of benzene rings is 1. The maximum atomic E-state index is 12.2. The second-order valence-corrected chi connectivity index (χ2v) is 7.45. The van der Waals surface area contributed by atoms with Gasteiger partial charge in [0.25, 0.3) is 0 Å². The van der Waals surface area contributed by atoms with Gasteiger partial charge in [-0.3, -0.25) is 4.79 Å². The Bertz CT molecular complexity index is 667. The normalized spacial score (nSPS) is 26.3. The van der Waals surface area contributed by atoms with Gasteiger partial charge in [0, 0.05) is 17.4 Å². The van der Waals surface area contributed by atoms with Gasteiger partial charge < -0.3 is 5.32 Å². The number of anilines is 1. The fraction of sp³-hybridized carbons (Fsp3) is 0.444. The molecule has 1 heterocycles. The lowest BCUT2D eigenvalue weighted by molar-refractivity contribution is -0.117. The maximum Gasteiger partial charge on any atom is 0.226 e. The molecule has 1 amide bonds. The quantitative estimate of drug-likeness (QED) is 0.898. The third kappa shape index (κ3) is 2.80. The lowest BCUT2D eigenvalue weighted by Crippen LogP contribution is -2.20. The molecule has 114 valence electrons. The predicted molar refractivity (Wildman–Crippen MR) is 89.7 cm³/mol. The molecule has 1 aromatic carbocycles. The molecule has 4 heteroatoms. The minimum absolute atomic E-state index is 0.131. The summed E-state index contributed by atoms with van der Waals surface area (Å²) in [5.41, 5.74) is 2.02. The second kappa shape index (κ2) is 5.84. The molecule has 0 saturated heterocycles. The van der Waals surface area contributed by atoms with E-state index in [0.717, 1.165) is 23.1 Å². The number of hydrogen-bond donors (Lipinski definition) is 1. The Morgan fingerprint density at radius 2 is 2.09 bits per heavy atom. The number of nitrogens with zero attached hydrogens (tertiary/aromatic N) is 1. The van der Waals surface area contributed by atoms with Crippen LogP contribution in [0.4, 0.5) is 5.13 Å². The Morgan fingerprint density at radius 3 is 2.82 bits per heavy atom. The van der Waals surface area contributed by atoms with Gasteiger partial charge in [-0.25, -0.2) is 4.98 Å². The van der Waals surface area contributed by atoms with Crippen LogP contribution in [-0.2, 0) is 4.79 Å². The fourth-order valence-corrected chi connectivity index (χ4v) is 4.84. The molecular formula is C18H20N2OS. The Labute approximate surface area is 134 Å². The summed E-state index contributed by atoms with van der Waals surface area (Å²) in [6.07, 6.45) is 5.99. The standard InChI is InChI=1S/C18H20N2OS/c21-17(10-15-9-12-6-7-14(15)8-12)20-18-19-16(11-22-18)13-4-2-1-3-5-13/h1-5,11-12,14-15H,6-10H2,(H,19,20,21)/t12-,14-,15-/m1/s1. The number of carbonyl (C=O) groups is 1. The van der Waals surface area contributed by atoms with Gasteiger partial charge >= 0.3 is 0 Å². The van der Waals surface area contributed by atoms with Crippen molar-refractivity contribution in [2.24, 2.45) is 17.8 Å². The zero-order chi connectivity index (χ0) is 14.9.